The second kappa shape index (κ2) is 9.39. The average molecular weight is 498 g/mol. The van der Waals surface area contributed by atoms with Gasteiger partial charge in [-0.3, -0.25) is 9.59 Å². The lowest BCUT2D eigenvalue weighted by molar-refractivity contribution is -0.121. The molecule has 1 fully saturated rings. The molecule has 0 unspecified atom stereocenters. The number of amides is 2. The number of anilines is 1. The lowest BCUT2D eigenvalue weighted by Gasteiger charge is -2.34. The summed E-state index contributed by atoms with van der Waals surface area (Å²) in [5.74, 6) is 0.891. The van der Waals surface area contributed by atoms with E-state index in [1.54, 1.807) is 62.2 Å². The van der Waals surface area contributed by atoms with E-state index < -0.39 is 15.4 Å². The van der Waals surface area contributed by atoms with Gasteiger partial charge in [-0.15, -0.1) is 0 Å². The molecule has 7 nitrogen and oxygen atoms in total. The molecule has 0 saturated heterocycles. The highest BCUT2D eigenvalue weighted by atomic mass is 32.2. The van der Waals surface area contributed by atoms with E-state index in [1.807, 2.05) is 0 Å². The molecule has 4 rings (SSSR count). The summed E-state index contributed by atoms with van der Waals surface area (Å²) in [4.78, 5) is 26.9. The Kier molecular flexibility index (Phi) is 6.81. The molecule has 1 aliphatic carbocycles. The van der Waals surface area contributed by atoms with E-state index in [0.29, 0.717) is 23.0 Å². The zero-order valence-electron chi connectivity index (χ0n) is 21.1. The summed E-state index contributed by atoms with van der Waals surface area (Å²) in [5.41, 5.74) is 1.96. The first-order chi connectivity index (χ1) is 16.4. The average Bonchev–Trinajstić information content (AvgIpc) is 3.00. The maximum Gasteiger partial charge on any atom is 0.251 e. The fourth-order valence-electron chi connectivity index (χ4n) is 5.19. The van der Waals surface area contributed by atoms with Gasteiger partial charge in [0, 0.05) is 30.9 Å². The molecule has 2 aromatic carbocycles. The van der Waals surface area contributed by atoms with Crippen LogP contribution < -0.4 is 14.9 Å². The van der Waals surface area contributed by atoms with Crippen molar-refractivity contribution in [1.29, 1.82) is 0 Å². The summed E-state index contributed by atoms with van der Waals surface area (Å²) in [6.45, 7) is 8.13. The highest BCUT2D eigenvalue weighted by Gasteiger charge is 2.42. The van der Waals surface area contributed by atoms with Crippen molar-refractivity contribution in [3.8, 4) is 0 Å². The number of likely N-dealkylation sites (N-methyl/N-ethyl adjacent to an activating group) is 1. The molecule has 1 aliphatic heterocycles. The van der Waals surface area contributed by atoms with Gasteiger partial charge in [-0.1, -0.05) is 38.8 Å². The van der Waals surface area contributed by atoms with E-state index in [9.17, 15) is 18.0 Å². The van der Waals surface area contributed by atoms with Crippen molar-refractivity contribution in [1.82, 2.24) is 10.0 Å². The quantitative estimate of drug-likeness (QED) is 0.631. The van der Waals surface area contributed by atoms with Crippen LogP contribution in [0.3, 0.4) is 0 Å². The van der Waals surface area contributed by atoms with E-state index in [0.717, 1.165) is 24.1 Å². The number of sulfonamides is 1. The van der Waals surface area contributed by atoms with Gasteiger partial charge in [0.15, 0.2) is 0 Å². The number of carbonyl (C=O) groups is 2. The number of hydrogen-bond donors (Lipinski definition) is 2. The molecule has 35 heavy (non-hydrogen) atoms. The van der Waals surface area contributed by atoms with E-state index in [1.165, 1.54) is 12.5 Å². The van der Waals surface area contributed by atoms with Crippen molar-refractivity contribution >= 4 is 27.5 Å². The number of benzene rings is 2. The highest BCUT2D eigenvalue weighted by Crippen LogP contribution is 2.41. The lowest BCUT2D eigenvalue weighted by Crippen LogP contribution is -2.43. The van der Waals surface area contributed by atoms with Gasteiger partial charge in [-0.2, -0.15) is 0 Å². The molecule has 0 spiro atoms. The summed E-state index contributed by atoms with van der Waals surface area (Å²) < 4.78 is 28.5. The number of rotatable bonds is 6. The predicted molar refractivity (Wildman–Crippen MR) is 137 cm³/mol. The smallest absolute Gasteiger partial charge is 0.251 e. The van der Waals surface area contributed by atoms with Crippen LogP contribution in [0.15, 0.2) is 47.4 Å². The van der Waals surface area contributed by atoms with E-state index >= 15 is 0 Å². The summed E-state index contributed by atoms with van der Waals surface area (Å²) in [6, 6.07) is 12.0. The minimum Gasteiger partial charge on any atom is -0.349 e. The van der Waals surface area contributed by atoms with Gasteiger partial charge in [0.25, 0.3) is 5.91 Å². The molecule has 2 aromatic rings. The zero-order chi connectivity index (χ0) is 25.5. The second-order valence-corrected chi connectivity index (χ2v) is 12.3. The van der Waals surface area contributed by atoms with Crippen LogP contribution in [-0.4, -0.2) is 33.3 Å². The first-order valence-electron chi connectivity index (χ1n) is 12.2. The van der Waals surface area contributed by atoms with E-state index in [4.69, 9.17) is 0 Å². The van der Waals surface area contributed by atoms with Gasteiger partial charge in [-0.05, 0) is 73.6 Å². The summed E-state index contributed by atoms with van der Waals surface area (Å²) in [6.07, 6.45) is 3.34. The third-order valence-corrected chi connectivity index (χ3v) is 9.26. The number of hydrogen-bond acceptors (Lipinski definition) is 4. The predicted octanol–water partition coefficient (Wildman–Crippen LogP) is 3.97. The maximum absolute atomic E-state index is 13.0. The van der Waals surface area contributed by atoms with Crippen LogP contribution in [0.25, 0.3) is 0 Å². The normalized spacial score (nSPS) is 23.7. The molecule has 2 N–H and O–H groups in total. The Balaban J connectivity index is 1.41. The standard InChI is InChI=1S/C27H35N3O4S/c1-17-7-6-8-23(18(17)2)29-25(31)20-11-9-19(10-12-20)16-28-35(33,34)21-13-14-24-22(15-21)27(3,4)26(32)30(24)5/h9-15,17-18,23,28H,6-8,16H2,1-5H3,(H,29,31)/t17-,18+,23+/m1/s1. The Labute approximate surface area is 208 Å². The fourth-order valence-corrected chi connectivity index (χ4v) is 6.24. The number of carbonyl (C=O) groups excluding carboxylic acids is 2. The molecule has 3 atom stereocenters. The molecule has 0 aromatic heterocycles. The van der Waals surface area contributed by atoms with Crippen LogP contribution >= 0.6 is 0 Å². The zero-order valence-corrected chi connectivity index (χ0v) is 21.9. The molecule has 8 heteroatoms. The molecule has 2 aliphatic rings. The topological polar surface area (TPSA) is 95.6 Å². The second-order valence-electron chi connectivity index (χ2n) is 10.5. The molecule has 2 amide bonds. The Morgan fingerprint density at radius 2 is 1.77 bits per heavy atom. The van der Waals surface area contributed by atoms with Gasteiger partial charge in [0.2, 0.25) is 15.9 Å². The summed E-state index contributed by atoms with van der Waals surface area (Å²) in [7, 11) is -2.08. The molecule has 188 valence electrons. The third kappa shape index (κ3) is 4.86. The van der Waals surface area contributed by atoms with Gasteiger partial charge in [0.1, 0.15) is 0 Å². The minimum atomic E-state index is -3.78. The molecule has 0 bridgehead atoms. The highest BCUT2D eigenvalue weighted by molar-refractivity contribution is 7.89. The minimum absolute atomic E-state index is 0.0633. The molecule has 0 radical (unpaired) electrons. The van der Waals surface area contributed by atoms with Crippen molar-refractivity contribution in [2.45, 2.75) is 69.9 Å². The van der Waals surface area contributed by atoms with Crippen molar-refractivity contribution in [3.63, 3.8) is 0 Å². The van der Waals surface area contributed by atoms with Crippen LogP contribution in [0.1, 0.15) is 68.4 Å². The Bertz CT molecular complexity index is 1240. The Hall–Kier alpha value is -2.71. The SMILES string of the molecule is C[C@H]1[C@H](C)CCC[C@@H]1NC(=O)c1ccc(CNS(=O)(=O)c2ccc3c(c2)C(C)(C)C(=O)N3C)cc1. The monoisotopic (exact) mass is 497 g/mol. The van der Waals surface area contributed by atoms with Crippen molar-refractivity contribution in [2.75, 3.05) is 11.9 Å². The van der Waals surface area contributed by atoms with E-state index in [2.05, 4.69) is 23.9 Å². The van der Waals surface area contributed by atoms with Gasteiger partial charge >= 0.3 is 0 Å². The maximum atomic E-state index is 13.0. The molecular weight excluding hydrogens is 462 g/mol. The molecule has 1 saturated carbocycles. The molecular formula is C27H35N3O4S. The van der Waals surface area contributed by atoms with Crippen LogP contribution in [0.5, 0.6) is 0 Å². The van der Waals surface area contributed by atoms with Gasteiger partial charge < -0.3 is 10.2 Å². The lowest BCUT2D eigenvalue weighted by atomic mass is 9.78. The Morgan fingerprint density at radius 1 is 1.09 bits per heavy atom. The first kappa shape index (κ1) is 25.4. The van der Waals surface area contributed by atoms with Crippen molar-refractivity contribution in [2.24, 2.45) is 11.8 Å². The number of nitrogens with one attached hydrogen (secondary N) is 2. The van der Waals surface area contributed by atoms with Crippen LogP contribution in [0.2, 0.25) is 0 Å². The van der Waals surface area contributed by atoms with Crippen LogP contribution in [-0.2, 0) is 26.8 Å². The van der Waals surface area contributed by atoms with Crippen molar-refractivity contribution in [3.05, 3.63) is 59.2 Å². The largest absolute Gasteiger partial charge is 0.349 e. The summed E-state index contributed by atoms with van der Waals surface area (Å²) in [5, 5.41) is 3.17. The molecule has 1 heterocycles. The van der Waals surface area contributed by atoms with Crippen LogP contribution in [0.4, 0.5) is 5.69 Å². The number of fused-ring (bicyclic) bond motifs is 1. The number of nitrogens with zero attached hydrogens (tertiary/aromatic N) is 1. The third-order valence-electron chi connectivity index (χ3n) is 7.86. The van der Waals surface area contributed by atoms with Crippen LogP contribution in [0, 0.1) is 11.8 Å². The van der Waals surface area contributed by atoms with Gasteiger partial charge in [-0.25, -0.2) is 13.1 Å². The summed E-state index contributed by atoms with van der Waals surface area (Å²) >= 11 is 0. The first-order valence-corrected chi connectivity index (χ1v) is 13.7. The van der Waals surface area contributed by atoms with Crippen molar-refractivity contribution < 1.29 is 18.0 Å². The Morgan fingerprint density at radius 3 is 2.46 bits per heavy atom. The fraction of sp³-hybridized carbons (Fsp3) is 0.481. The van der Waals surface area contributed by atoms with E-state index in [-0.39, 0.29) is 29.3 Å². The van der Waals surface area contributed by atoms with Gasteiger partial charge in [0.05, 0.1) is 10.3 Å².